The highest BCUT2D eigenvalue weighted by Crippen LogP contribution is 2.33. The Kier molecular flexibility index (Phi) is 5.95. The lowest BCUT2D eigenvalue weighted by molar-refractivity contribution is -0.120. The van der Waals surface area contributed by atoms with E-state index in [0.717, 1.165) is 29.6 Å². The first kappa shape index (κ1) is 22.1. The number of ether oxygens (including phenoxy) is 1. The first-order valence-corrected chi connectivity index (χ1v) is 13.6. The Morgan fingerprint density at radius 3 is 2.91 bits per heavy atom. The number of amides is 1. The van der Waals surface area contributed by atoms with E-state index >= 15 is 0 Å². The van der Waals surface area contributed by atoms with E-state index in [1.165, 1.54) is 15.6 Å². The molecule has 1 saturated heterocycles. The summed E-state index contributed by atoms with van der Waals surface area (Å²) >= 11 is 2.42. The predicted molar refractivity (Wildman–Crippen MR) is 128 cm³/mol. The number of anilines is 1. The van der Waals surface area contributed by atoms with Gasteiger partial charge in [-0.05, 0) is 42.5 Å². The maximum absolute atomic E-state index is 13.1. The molecule has 1 fully saturated rings. The molecule has 1 unspecified atom stereocenters. The number of sulfonamides is 1. The minimum atomic E-state index is -3.71. The lowest BCUT2D eigenvalue weighted by Gasteiger charge is -2.32. The van der Waals surface area contributed by atoms with E-state index in [1.54, 1.807) is 36.1 Å². The molecule has 3 aromatic heterocycles. The summed E-state index contributed by atoms with van der Waals surface area (Å²) in [6.07, 6.45) is 1.99. The molecule has 0 bridgehead atoms. The molecule has 33 heavy (non-hydrogen) atoms. The standard InChI is InChI=1S/C22H21N3O5S3/c1-29-15-8-7-14-11-19(30-18(14)12-15)16-13-32-22(23-16)24-21(26)17-5-2-3-9-25(17)33(27,28)20-6-4-10-31-20/h4,6-8,10-13,17H,2-3,5,9H2,1H3,(H,23,24,26). The zero-order valence-corrected chi connectivity index (χ0v) is 20.1. The second kappa shape index (κ2) is 8.90. The van der Waals surface area contributed by atoms with Crippen LogP contribution in [0.2, 0.25) is 0 Å². The van der Waals surface area contributed by atoms with Crippen LogP contribution >= 0.6 is 22.7 Å². The van der Waals surface area contributed by atoms with E-state index in [2.05, 4.69) is 10.3 Å². The fraction of sp³-hybridized carbons (Fsp3) is 0.273. The Morgan fingerprint density at radius 2 is 2.12 bits per heavy atom. The highest BCUT2D eigenvalue weighted by atomic mass is 32.2. The summed E-state index contributed by atoms with van der Waals surface area (Å²) in [4.78, 5) is 17.6. The zero-order valence-electron chi connectivity index (χ0n) is 17.7. The van der Waals surface area contributed by atoms with Gasteiger partial charge in [-0.2, -0.15) is 4.31 Å². The molecule has 1 N–H and O–H groups in total. The van der Waals surface area contributed by atoms with Crippen LogP contribution in [-0.2, 0) is 14.8 Å². The third kappa shape index (κ3) is 4.29. The van der Waals surface area contributed by atoms with Gasteiger partial charge < -0.3 is 14.5 Å². The largest absolute Gasteiger partial charge is 0.497 e. The van der Waals surface area contributed by atoms with Crippen molar-refractivity contribution >= 4 is 54.7 Å². The van der Waals surface area contributed by atoms with E-state index in [9.17, 15) is 13.2 Å². The Morgan fingerprint density at radius 1 is 1.24 bits per heavy atom. The molecule has 8 nitrogen and oxygen atoms in total. The molecule has 0 saturated carbocycles. The normalized spacial score (nSPS) is 17.3. The average molecular weight is 504 g/mol. The highest BCUT2D eigenvalue weighted by molar-refractivity contribution is 7.91. The molecular formula is C22H21N3O5S3. The Labute approximate surface area is 198 Å². The van der Waals surface area contributed by atoms with Crippen molar-refractivity contribution in [3.63, 3.8) is 0 Å². The number of benzene rings is 1. The summed E-state index contributed by atoms with van der Waals surface area (Å²) < 4.78 is 38.8. The van der Waals surface area contributed by atoms with Crippen LogP contribution < -0.4 is 10.1 Å². The van der Waals surface area contributed by atoms with Crippen LogP contribution in [0.1, 0.15) is 19.3 Å². The highest BCUT2D eigenvalue weighted by Gasteiger charge is 2.38. The van der Waals surface area contributed by atoms with Crippen LogP contribution in [0.5, 0.6) is 5.75 Å². The molecule has 172 valence electrons. The minimum absolute atomic E-state index is 0.250. The topological polar surface area (TPSA) is 102 Å². The molecule has 1 aliphatic heterocycles. The maximum Gasteiger partial charge on any atom is 0.253 e. The number of carbonyl (C=O) groups is 1. The molecule has 4 aromatic rings. The van der Waals surface area contributed by atoms with Crippen molar-refractivity contribution in [1.29, 1.82) is 0 Å². The predicted octanol–water partition coefficient (Wildman–Crippen LogP) is 4.81. The maximum atomic E-state index is 13.1. The Hall–Kier alpha value is -2.73. The van der Waals surface area contributed by atoms with Crippen LogP contribution in [0.25, 0.3) is 22.4 Å². The van der Waals surface area contributed by atoms with Crippen molar-refractivity contribution in [2.24, 2.45) is 0 Å². The molecule has 4 heterocycles. The third-order valence-corrected chi connectivity index (χ3v) is 9.57. The lowest BCUT2D eigenvalue weighted by Crippen LogP contribution is -2.49. The van der Waals surface area contributed by atoms with Gasteiger partial charge in [-0.25, -0.2) is 13.4 Å². The molecular weight excluding hydrogens is 482 g/mol. The molecule has 5 rings (SSSR count). The van der Waals surface area contributed by atoms with Crippen LogP contribution in [-0.4, -0.2) is 43.3 Å². The number of fused-ring (bicyclic) bond motifs is 1. The molecule has 1 atom stereocenters. The number of rotatable bonds is 6. The van der Waals surface area contributed by atoms with Crippen molar-refractivity contribution in [1.82, 2.24) is 9.29 Å². The molecule has 11 heteroatoms. The zero-order chi connectivity index (χ0) is 23.0. The number of thiazole rings is 1. The van der Waals surface area contributed by atoms with Gasteiger partial charge in [0.25, 0.3) is 10.0 Å². The second-order valence-corrected chi connectivity index (χ2v) is 11.5. The fourth-order valence-corrected chi connectivity index (χ4v) is 7.36. The molecule has 1 aromatic carbocycles. The number of methoxy groups -OCH3 is 1. The van der Waals surface area contributed by atoms with Gasteiger partial charge in [0, 0.05) is 23.4 Å². The quantitative estimate of drug-likeness (QED) is 0.405. The van der Waals surface area contributed by atoms with Crippen molar-refractivity contribution in [3.8, 4) is 17.2 Å². The van der Waals surface area contributed by atoms with Gasteiger partial charge in [0.15, 0.2) is 10.9 Å². The molecule has 0 spiro atoms. The van der Waals surface area contributed by atoms with Crippen molar-refractivity contribution < 1.29 is 22.4 Å². The van der Waals surface area contributed by atoms with E-state index < -0.39 is 16.1 Å². The Bertz CT molecular complexity index is 1390. The Balaban J connectivity index is 1.35. The monoisotopic (exact) mass is 503 g/mol. The SMILES string of the molecule is COc1ccc2cc(-c3csc(NC(=O)C4CCCCN4S(=O)(=O)c4cccs4)n3)oc2c1. The van der Waals surface area contributed by atoms with Crippen LogP contribution in [0.3, 0.4) is 0 Å². The fourth-order valence-electron chi connectivity index (χ4n) is 3.88. The number of hydrogen-bond acceptors (Lipinski definition) is 8. The number of piperidine rings is 1. The average Bonchev–Trinajstić information content (AvgIpc) is 3.59. The summed E-state index contributed by atoms with van der Waals surface area (Å²) in [5.74, 6) is 0.906. The van der Waals surface area contributed by atoms with E-state index in [-0.39, 0.29) is 10.1 Å². The summed E-state index contributed by atoms with van der Waals surface area (Å²) in [5.41, 5.74) is 1.27. The molecule has 0 aliphatic carbocycles. The van der Waals surface area contributed by atoms with Gasteiger partial charge in [-0.15, -0.1) is 22.7 Å². The van der Waals surface area contributed by atoms with E-state index in [0.29, 0.717) is 40.9 Å². The molecule has 1 amide bonds. The minimum Gasteiger partial charge on any atom is -0.497 e. The number of hydrogen-bond donors (Lipinski definition) is 1. The van der Waals surface area contributed by atoms with Gasteiger partial charge in [-0.3, -0.25) is 4.79 Å². The number of nitrogens with zero attached hydrogens (tertiary/aromatic N) is 2. The first-order chi connectivity index (χ1) is 16.0. The first-order valence-electron chi connectivity index (χ1n) is 10.4. The third-order valence-electron chi connectivity index (χ3n) is 5.53. The molecule has 1 aliphatic rings. The summed E-state index contributed by atoms with van der Waals surface area (Å²) in [6, 6.07) is 9.94. The lowest BCUT2D eigenvalue weighted by atomic mass is 10.0. The van der Waals surface area contributed by atoms with Crippen molar-refractivity contribution in [3.05, 3.63) is 47.2 Å². The number of thiophene rings is 1. The van der Waals surface area contributed by atoms with Gasteiger partial charge in [0.05, 0.1) is 7.11 Å². The van der Waals surface area contributed by atoms with E-state index in [4.69, 9.17) is 9.15 Å². The van der Waals surface area contributed by atoms with E-state index in [1.807, 2.05) is 18.2 Å². The van der Waals surface area contributed by atoms with Crippen LogP contribution in [0.4, 0.5) is 5.13 Å². The number of nitrogens with one attached hydrogen (secondary N) is 1. The van der Waals surface area contributed by atoms with Crippen molar-refractivity contribution in [2.45, 2.75) is 29.5 Å². The van der Waals surface area contributed by atoms with Gasteiger partial charge in [-0.1, -0.05) is 12.5 Å². The second-order valence-electron chi connectivity index (χ2n) is 7.60. The summed E-state index contributed by atoms with van der Waals surface area (Å²) in [7, 11) is -2.12. The van der Waals surface area contributed by atoms with Crippen molar-refractivity contribution in [2.75, 3.05) is 19.0 Å². The summed E-state index contributed by atoms with van der Waals surface area (Å²) in [5, 5.41) is 7.63. The van der Waals surface area contributed by atoms with Crippen LogP contribution in [0, 0.1) is 0 Å². The van der Waals surface area contributed by atoms with Gasteiger partial charge >= 0.3 is 0 Å². The smallest absolute Gasteiger partial charge is 0.253 e. The van der Waals surface area contributed by atoms with Crippen LogP contribution in [0.15, 0.2) is 55.8 Å². The molecule has 0 radical (unpaired) electrons. The number of furan rings is 1. The summed E-state index contributed by atoms with van der Waals surface area (Å²) in [6.45, 7) is 0.323. The number of aromatic nitrogens is 1. The number of carbonyl (C=O) groups excluding carboxylic acids is 1. The van der Waals surface area contributed by atoms with Gasteiger partial charge in [0.1, 0.15) is 27.3 Å². The van der Waals surface area contributed by atoms with Gasteiger partial charge in [0.2, 0.25) is 5.91 Å².